The Bertz CT molecular complexity index is 383. The minimum atomic E-state index is -0.555. The predicted molar refractivity (Wildman–Crippen MR) is 66.7 cm³/mol. The molecule has 1 fully saturated rings. The van der Waals surface area contributed by atoms with Gasteiger partial charge in [0.1, 0.15) is 0 Å². The maximum Gasteiger partial charge on any atom is 0.232 e. The van der Waals surface area contributed by atoms with Gasteiger partial charge in [-0.15, -0.1) is 0 Å². The summed E-state index contributed by atoms with van der Waals surface area (Å²) in [6.45, 7) is 1.18. The van der Waals surface area contributed by atoms with Gasteiger partial charge in [0.05, 0.1) is 5.41 Å². The van der Waals surface area contributed by atoms with Crippen molar-refractivity contribution < 1.29 is 9.53 Å². The van der Waals surface area contributed by atoms with Gasteiger partial charge < -0.3 is 4.74 Å². The zero-order chi connectivity index (χ0) is 11.6. The fourth-order valence-electron chi connectivity index (χ4n) is 2.09. The Kier molecular flexibility index (Phi) is 3.67. The van der Waals surface area contributed by atoms with Crippen molar-refractivity contribution in [3.63, 3.8) is 0 Å². The summed E-state index contributed by atoms with van der Waals surface area (Å²) >= 11 is 9.16. The third-order valence-corrected chi connectivity index (χ3v) is 4.01. The van der Waals surface area contributed by atoms with Gasteiger partial charge in [0.15, 0.2) is 0 Å². The van der Waals surface area contributed by atoms with Crippen molar-refractivity contribution in [1.82, 2.24) is 0 Å². The third kappa shape index (κ3) is 2.17. The van der Waals surface area contributed by atoms with Crippen molar-refractivity contribution in [2.24, 2.45) is 0 Å². The van der Waals surface area contributed by atoms with Crippen LogP contribution in [0.3, 0.4) is 0 Å². The Morgan fingerprint density at radius 2 is 1.81 bits per heavy atom. The highest BCUT2D eigenvalue weighted by Crippen LogP contribution is 2.37. The lowest BCUT2D eigenvalue weighted by Gasteiger charge is -2.34. The van der Waals surface area contributed by atoms with Gasteiger partial charge in [-0.3, -0.25) is 4.79 Å². The summed E-state index contributed by atoms with van der Waals surface area (Å²) in [5, 5.41) is -0.280. The van der Waals surface area contributed by atoms with E-state index in [9.17, 15) is 4.79 Å². The zero-order valence-corrected chi connectivity index (χ0v) is 11.1. The third-order valence-electron chi connectivity index (χ3n) is 3.12. The lowest BCUT2D eigenvalue weighted by Crippen LogP contribution is -2.39. The second-order valence-electron chi connectivity index (χ2n) is 3.98. The quantitative estimate of drug-likeness (QED) is 0.784. The lowest BCUT2D eigenvalue weighted by molar-refractivity contribution is -0.120. The number of benzene rings is 1. The zero-order valence-electron chi connectivity index (χ0n) is 8.71. The molecule has 1 aromatic carbocycles. The first kappa shape index (κ1) is 12.1. The Balaban J connectivity index is 2.38. The molecule has 0 unspecified atom stereocenters. The standard InChI is InChI=1S/C12H12BrClO2/c13-10-3-1-9(2-4-10)12(11(14)15)5-7-16-8-6-12/h1-4H,5-8H2. The number of hydrogen-bond acceptors (Lipinski definition) is 2. The molecule has 1 heterocycles. The van der Waals surface area contributed by atoms with Crippen LogP contribution in [-0.4, -0.2) is 18.5 Å². The van der Waals surface area contributed by atoms with E-state index in [-0.39, 0.29) is 5.24 Å². The average Bonchev–Trinajstić information content (AvgIpc) is 2.30. The van der Waals surface area contributed by atoms with Crippen molar-refractivity contribution in [3.05, 3.63) is 34.3 Å². The molecule has 0 amide bonds. The molecule has 0 bridgehead atoms. The largest absolute Gasteiger partial charge is 0.381 e. The molecule has 1 saturated heterocycles. The van der Waals surface area contributed by atoms with Crippen LogP contribution in [0.2, 0.25) is 0 Å². The van der Waals surface area contributed by atoms with Crippen LogP contribution in [0.4, 0.5) is 0 Å². The van der Waals surface area contributed by atoms with Crippen LogP contribution >= 0.6 is 27.5 Å². The highest BCUT2D eigenvalue weighted by atomic mass is 79.9. The highest BCUT2D eigenvalue weighted by Gasteiger charge is 2.40. The maximum atomic E-state index is 11.7. The summed E-state index contributed by atoms with van der Waals surface area (Å²) in [5.41, 5.74) is 0.430. The lowest BCUT2D eigenvalue weighted by atomic mass is 9.75. The van der Waals surface area contributed by atoms with Crippen molar-refractivity contribution in [3.8, 4) is 0 Å². The van der Waals surface area contributed by atoms with Crippen LogP contribution in [0.5, 0.6) is 0 Å². The molecule has 2 nitrogen and oxygen atoms in total. The molecule has 1 aromatic rings. The van der Waals surface area contributed by atoms with Gasteiger partial charge in [-0.25, -0.2) is 0 Å². The Labute approximate surface area is 108 Å². The molecule has 1 aliphatic heterocycles. The highest BCUT2D eigenvalue weighted by molar-refractivity contribution is 9.10. The Hall–Kier alpha value is -0.380. The van der Waals surface area contributed by atoms with E-state index in [4.69, 9.17) is 16.3 Å². The second kappa shape index (κ2) is 4.86. The molecule has 0 aliphatic carbocycles. The van der Waals surface area contributed by atoms with E-state index < -0.39 is 5.41 Å². The summed E-state index contributed by atoms with van der Waals surface area (Å²) in [6, 6.07) is 7.78. The van der Waals surface area contributed by atoms with E-state index in [2.05, 4.69) is 15.9 Å². The number of hydrogen-bond donors (Lipinski definition) is 0. The molecule has 1 aliphatic rings. The fraction of sp³-hybridized carbons (Fsp3) is 0.417. The summed E-state index contributed by atoms with van der Waals surface area (Å²) in [5.74, 6) is 0. The number of carbonyl (C=O) groups is 1. The van der Waals surface area contributed by atoms with Crippen LogP contribution in [0.25, 0.3) is 0 Å². The molecule has 0 atom stereocenters. The van der Waals surface area contributed by atoms with Gasteiger partial charge in [-0.2, -0.15) is 0 Å². The molecule has 2 rings (SSSR count). The van der Waals surface area contributed by atoms with E-state index in [1.165, 1.54) is 0 Å². The van der Waals surface area contributed by atoms with Crippen LogP contribution < -0.4 is 0 Å². The number of ether oxygens (including phenoxy) is 1. The number of rotatable bonds is 2. The van der Waals surface area contributed by atoms with Crippen molar-refractivity contribution in [1.29, 1.82) is 0 Å². The molecule has 16 heavy (non-hydrogen) atoms. The van der Waals surface area contributed by atoms with E-state index in [1.807, 2.05) is 24.3 Å². The molecule has 4 heteroatoms. The van der Waals surface area contributed by atoms with E-state index >= 15 is 0 Å². The molecule has 0 radical (unpaired) electrons. The first-order valence-electron chi connectivity index (χ1n) is 5.19. The molecular weight excluding hydrogens is 291 g/mol. The summed E-state index contributed by atoms with van der Waals surface area (Å²) in [6.07, 6.45) is 1.33. The van der Waals surface area contributed by atoms with Gasteiger partial charge in [0.25, 0.3) is 0 Å². The molecule has 86 valence electrons. The maximum absolute atomic E-state index is 11.7. The van der Waals surface area contributed by atoms with Crippen molar-refractivity contribution in [2.75, 3.05) is 13.2 Å². The second-order valence-corrected chi connectivity index (χ2v) is 5.23. The van der Waals surface area contributed by atoms with E-state index in [0.717, 1.165) is 10.0 Å². The van der Waals surface area contributed by atoms with Gasteiger partial charge in [0, 0.05) is 17.7 Å². The summed E-state index contributed by atoms with van der Waals surface area (Å²) < 4.78 is 6.30. The summed E-state index contributed by atoms with van der Waals surface area (Å²) in [4.78, 5) is 11.7. The van der Waals surface area contributed by atoms with Crippen LogP contribution in [0.1, 0.15) is 18.4 Å². The smallest absolute Gasteiger partial charge is 0.232 e. The molecule has 0 spiro atoms. The predicted octanol–water partition coefficient (Wildman–Crippen LogP) is 3.26. The van der Waals surface area contributed by atoms with E-state index in [1.54, 1.807) is 0 Å². The average molecular weight is 304 g/mol. The minimum absolute atomic E-state index is 0.280. The Morgan fingerprint density at radius 3 is 2.31 bits per heavy atom. The van der Waals surface area contributed by atoms with Gasteiger partial charge in [-0.05, 0) is 42.1 Å². The number of halogens is 2. The van der Waals surface area contributed by atoms with Crippen molar-refractivity contribution in [2.45, 2.75) is 18.3 Å². The number of carbonyl (C=O) groups excluding carboxylic acids is 1. The van der Waals surface area contributed by atoms with E-state index in [0.29, 0.717) is 26.1 Å². The van der Waals surface area contributed by atoms with Gasteiger partial charge in [0.2, 0.25) is 5.24 Å². The first-order valence-corrected chi connectivity index (χ1v) is 6.36. The monoisotopic (exact) mass is 302 g/mol. The molecule has 0 saturated carbocycles. The Morgan fingerprint density at radius 1 is 1.25 bits per heavy atom. The first-order chi connectivity index (χ1) is 7.65. The summed E-state index contributed by atoms with van der Waals surface area (Å²) in [7, 11) is 0. The topological polar surface area (TPSA) is 26.3 Å². The van der Waals surface area contributed by atoms with Gasteiger partial charge >= 0.3 is 0 Å². The SMILES string of the molecule is O=C(Cl)C1(c2ccc(Br)cc2)CCOCC1. The van der Waals surface area contributed by atoms with Crippen LogP contribution in [0.15, 0.2) is 28.7 Å². The fourth-order valence-corrected chi connectivity index (χ4v) is 2.65. The van der Waals surface area contributed by atoms with Crippen LogP contribution in [-0.2, 0) is 14.9 Å². The molecule has 0 N–H and O–H groups in total. The van der Waals surface area contributed by atoms with Crippen molar-refractivity contribution >= 4 is 32.8 Å². The van der Waals surface area contributed by atoms with Gasteiger partial charge in [-0.1, -0.05) is 28.1 Å². The van der Waals surface area contributed by atoms with Crippen LogP contribution in [0, 0.1) is 0 Å². The molecule has 0 aromatic heterocycles. The normalized spacial score (nSPS) is 19.4. The molecular formula is C12H12BrClO2. The minimum Gasteiger partial charge on any atom is -0.381 e.